The van der Waals surface area contributed by atoms with E-state index in [9.17, 15) is 4.79 Å². The van der Waals surface area contributed by atoms with Crippen LogP contribution in [0.4, 0.5) is 0 Å². The first kappa shape index (κ1) is 13.3. The fourth-order valence-electron chi connectivity index (χ4n) is 2.97. The number of para-hydroxylation sites is 1. The van der Waals surface area contributed by atoms with Crippen molar-refractivity contribution in [3.05, 3.63) is 40.4 Å². The molecule has 0 saturated carbocycles. The van der Waals surface area contributed by atoms with E-state index < -0.39 is 0 Å². The van der Waals surface area contributed by atoms with Gasteiger partial charge in [-0.25, -0.2) is 4.98 Å². The van der Waals surface area contributed by atoms with E-state index in [0.29, 0.717) is 0 Å². The van der Waals surface area contributed by atoms with Crippen LogP contribution in [0.15, 0.2) is 29.1 Å². The Labute approximate surface area is 119 Å². The lowest BCUT2D eigenvalue weighted by Gasteiger charge is -2.26. The number of aromatic nitrogens is 2. The fraction of sp³-hybridized carbons (Fsp3) is 0.500. The molecular formula is C16H21N3O. The van der Waals surface area contributed by atoms with Gasteiger partial charge in [0, 0.05) is 13.1 Å². The summed E-state index contributed by atoms with van der Waals surface area (Å²) in [6.45, 7) is 5.93. The number of likely N-dealkylation sites (tertiary alicyclic amines) is 1. The Morgan fingerprint density at radius 2 is 1.85 bits per heavy atom. The molecule has 20 heavy (non-hydrogen) atoms. The van der Waals surface area contributed by atoms with Gasteiger partial charge >= 0.3 is 0 Å². The van der Waals surface area contributed by atoms with Gasteiger partial charge in [-0.1, -0.05) is 18.6 Å². The maximum atomic E-state index is 12.5. The Balaban J connectivity index is 1.85. The van der Waals surface area contributed by atoms with E-state index in [1.54, 1.807) is 0 Å². The summed E-state index contributed by atoms with van der Waals surface area (Å²) in [5.41, 5.74) is 0.884. The van der Waals surface area contributed by atoms with Gasteiger partial charge in [-0.2, -0.15) is 0 Å². The number of benzene rings is 1. The van der Waals surface area contributed by atoms with Gasteiger partial charge in [-0.3, -0.25) is 9.36 Å². The summed E-state index contributed by atoms with van der Waals surface area (Å²) >= 11 is 0. The van der Waals surface area contributed by atoms with Crippen LogP contribution >= 0.6 is 0 Å². The summed E-state index contributed by atoms with van der Waals surface area (Å²) < 4.78 is 1.82. The molecule has 0 unspecified atom stereocenters. The molecule has 1 fully saturated rings. The molecule has 0 atom stereocenters. The lowest BCUT2D eigenvalue weighted by Crippen LogP contribution is -2.35. The zero-order valence-corrected chi connectivity index (χ0v) is 12.0. The van der Waals surface area contributed by atoms with Gasteiger partial charge in [0.25, 0.3) is 5.56 Å². The van der Waals surface area contributed by atoms with Crippen molar-refractivity contribution in [1.29, 1.82) is 0 Å². The van der Waals surface area contributed by atoms with Crippen molar-refractivity contribution in [2.24, 2.45) is 0 Å². The molecule has 0 N–H and O–H groups in total. The summed E-state index contributed by atoms with van der Waals surface area (Å²) in [5, 5.41) is 0.719. The number of nitrogens with zero attached hydrogens (tertiary/aromatic N) is 3. The molecule has 2 aromatic rings. The number of rotatable bonds is 3. The molecular weight excluding hydrogens is 250 g/mol. The maximum Gasteiger partial charge on any atom is 0.261 e. The van der Waals surface area contributed by atoms with Gasteiger partial charge in [-0.05, 0) is 45.0 Å². The molecule has 3 rings (SSSR count). The normalized spacial score (nSPS) is 16.6. The minimum absolute atomic E-state index is 0.0881. The molecule has 0 aliphatic carbocycles. The first-order chi connectivity index (χ1) is 9.75. The van der Waals surface area contributed by atoms with Crippen LogP contribution < -0.4 is 5.56 Å². The van der Waals surface area contributed by atoms with Crippen molar-refractivity contribution in [2.75, 3.05) is 19.6 Å². The predicted octanol–water partition coefficient (Wildman–Crippen LogP) is 2.19. The Hall–Kier alpha value is -1.68. The summed E-state index contributed by atoms with van der Waals surface area (Å²) in [6, 6.07) is 7.59. The van der Waals surface area contributed by atoms with Crippen LogP contribution in [0.1, 0.15) is 25.1 Å². The van der Waals surface area contributed by atoms with E-state index in [4.69, 9.17) is 0 Å². The lowest BCUT2D eigenvalue weighted by molar-refractivity contribution is 0.219. The van der Waals surface area contributed by atoms with Crippen LogP contribution in [0.3, 0.4) is 0 Å². The Morgan fingerprint density at radius 1 is 1.10 bits per heavy atom. The van der Waals surface area contributed by atoms with E-state index in [1.807, 2.05) is 35.8 Å². The Bertz CT molecular complexity index is 656. The largest absolute Gasteiger partial charge is 0.302 e. The zero-order valence-electron chi connectivity index (χ0n) is 12.0. The molecule has 4 heteroatoms. The van der Waals surface area contributed by atoms with Crippen LogP contribution in [-0.4, -0.2) is 34.1 Å². The molecule has 0 bridgehead atoms. The van der Waals surface area contributed by atoms with Crippen molar-refractivity contribution >= 4 is 10.9 Å². The fourth-order valence-corrected chi connectivity index (χ4v) is 2.97. The van der Waals surface area contributed by atoms with Crippen molar-refractivity contribution < 1.29 is 0 Å². The molecule has 1 aliphatic rings. The number of aryl methyl sites for hydroxylation is 1. The number of piperidine rings is 1. The van der Waals surface area contributed by atoms with Crippen molar-refractivity contribution in [1.82, 2.24) is 14.5 Å². The Morgan fingerprint density at radius 3 is 2.65 bits per heavy atom. The monoisotopic (exact) mass is 271 g/mol. The minimum Gasteiger partial charge on any atom is -0.302 e. The molecule has 1 aromatic heterocycles. The first-order valence-electron chi connectivity index (χ1n) is 7.44. The molecule has 2 heterocycles. The second kappa shape index (κ2) is 5.75. The van der Waals surface area contributed by atoms with Crippen molar-refractivity contribution in [2.45, 2.75) is 32.7 Å². The van der Waals surface area contributed by atoms with Crippen LogP contribution in [0, 0.1) is 6.92 Å². The summed E-state index contributed by atoms with van der Waals surface area (Å²) in [6.07, 6.45) is 3.90. The molecule has 1 aromatic carbocycles. The molecule has 4 nitrogen and oxygen atoms in total. The number of hydrogen-bond acceptors (Lipinski definition) is 3. The standard InChI is InChI=1S/C16H21N3O/c1-13-17-15-8-4-3-7-14(15)16(20)19(13)12-11-18-9-5-2-6-10-18/h3-4,7-8H,2,5-6,9-12H2,1H3. The number of fused-ring (bicyclic) bond motifs is 1. The summed E-state index contributed by atoms with van der Waals surface area (Å²) in [5.74, 6) is 0.811. The minimum atomic E-state index is 0.0881. The van der Waals surface area contributed by atoms with Crippen LogP contribution in [-0.2, 0) is 6.54 Å². The average molecular weight is 271 g/mol. The van der Waals surface area contributed by atoms with Gasteiger partial charge < -0.3 is 4.90 Å². The molecule has 106 valence electrons. The van der Waals surface area contributed by atoms with E-state index in [0.717, 1.165) is 42.9 Å². The van der Waals surface area contributed by atoms with Gasteiger partial charge in [0.2, 0.25) is 0 Å². The molecule has 1 saturated heterocycles. The highest BCUT2D eigenvalue weighted by atomic mass is 16.1. The SMILES string of the molecule is Cc1nc2ccccc2c(=O)n1CCN1CCCCC1. The van der Waals surface area contributed by atoms with Gasteiger partial charge in [-0.15, -0.1) is 0 Å². The second-order valence-corrected chi connectivity index (χ2v) is 5.54. The zero-order chi connectivity index (χ0) is 13.9. The van der Waals surface area contributed by atoms with Crippen LogP contribution in [0.25, 0.3) is 10.9 Å². The highest BCUT2D eigenvalue weighted by Gasteiger charge is 2.12. The number of hydrogen-bond donors (Lipinski definition) is 0. The van der Waals surface area contributed by atoms with Crippen LogP contribution in [0.2, 0.25) is 0 Å². The average Bonchev–Trinajstić information content (AvgIpc) is 2.48. The molecule has 0 amide bonds. The predicted molar refractivity (Wildman–Crippen MR) is 81.0 cm³/mol. The molecule has 1 aliphatic heterocycles. The van der Waals surface area contributed by atoms with E-state index >= 15 is 0 Å². The summed E-state index contributed by atoms with van der Waals surface area (Å²) in [7, 11) is 0. The third kappa shape index (κ3) is 2.61. The van der Waals surface area contributed by atoms with E-state index in [-0.39, 0.29) is 5.56 Å². The lowest BCUT2D eigenvalue weighted by atomic mass is 10.1. The second-order valence-electron chi connectivity index (χ2n) is 5.54. The van der Waals surface area contributed by atoms with E-state index in [1.165, 1.54) is 19.3 Å². The quantitative estimate of drug-likeness (QED) is 0.859. The first-order valence-corrected chi connectivity index (χ1v) is 7.44. The maximum absolute atomic E-state index is 12.5. The summed E-state index contributed by atoms with van der Waals surface area (Å²) in [4.78, 5) is 19.5. The van der Waals surface area contributed by atoms with Gasteiger partial charge in [0.05, 0.1) is 10.9 Å². The molecule has 0 spiro atoms. The topological polar surface area (TPSA) is 38.1 Å². The van der Waals surface area contributed by atoms with Crippen molar-refractivity contribution in [3.8, 4) is 0 Å². The Kier molecular flexibility index (Phi) is 3.83. The van der Waals surface area contributed by atoms with Crippen molar-refractivity contribution in [3.63, 3.8) is 0 Å². The van der Waals surface area contributed by atoms with Gasteiger partial charge in [0.1, 0.15) is 5.82 Å². The highest BCUT2D eigenvalue weighted by Crippen LogP contribution is 2.10. The smallest absolute Gasteiger partial charge is 0.261 e. The third-order valence-electron chi connectivity index (χ3n) is 4.14. The van der Waals surface area contributed by atoms with E-state index in [2.05, 4.69) is 9.88 Å². The van der Waals surface area contributed by atoms with Crippen LogP contribution in [0.5, 0.6) is 0 Å². The highest BCUT2D eigenvalue weighted by molar-refractivity contribution is 5.77. The third-order valence-corrected chi connectivity index (χ3v) is 4.14. The molecule has 0 radical (unpaired) electrons. The van der Waals surface area contributed by atoms with Gasteiger partial charge in [0.15, 0.2) is 0 Å².